The van der Waals surface area contributed by atoms with E-state index in [0.717, 1.165) is 18.8 Å². The lowest BCUT2D eigenvalue weighted by molar-refractivity contribution is -0.156. The third-order valence-corrected chi connectivity index (χ3v) is 6.36. The Morgan fingerprint density at radius 2 is 1.81 bits per heavy atom. The van der Waals surface area contributed by atoms with Gasteiger partial charge in [-0.1, -0.05) is 20.8 Å². The van der Waals surface area contributed by atoms with Crippen molar-refractivity contribution in [2.75, 3.05) is 6.54 Å². The van der Waals surface area contributed by atoms with Gasteiger partial charge in [0.05, 0.1) is 0 Å². The molecule has 0 radical (unpaired) electrons. The Morgan fingerprint density at radius 3 is 2.33 bits per heavy atom. The van der Waals surface area contributed by atoms with Crippen molar-refractivity contribution < 1.29 is 4.79 Å². The van der Waals surface area contributed by atoms with E-state index in [1.165, 1.54) is 38.5 Å². The largest absolute Gasteiger partial charge is 0.355 e. The fourth-order valence-electron chi connectivity index (χ4n) is 6.67. The van der Waals surface area contributed by atoms with E-state index in [-0.39, 0.29) is 17.4 Å². The quantitative estimate of drug-likeness (QED) is 0.817. The van der Waals surface area contributed by atoms with E-state index in [2.05, 4.69) is 26.1 Å². The second kappa shape index (κ2) is 4.97. The lowest BCUT2D eigenvalue weighted by Gasteiger charge is -2.65. The monoisotopic (exact) mass is 292 g/mol. The van der Waals surface area contributed by atoms with Gasteiger partial charge in [-0.3, -0.25) is 4.79 Å². The summed E-state index contributed by atoms with van der Waals surface area (Å²) in [5.41, 5.74) is 7.18. The van der Waals surface area contributed by atoms with Crippen LogP contribution in [0.5, 0.6) is 0 Å². The van der Waals surface area contributed by atoms with Crippen LogP contribution in [0.25, 0.3) is 0 Å². The summed E-state index contributed by atoms with van der Waals surface area (Å²) < 4.78 is 0. The van der Waals surface area contributed by atoms with Crippen LogP contribution in [-0.4, -0.2) is 18.5 Å². The molecule has 3 unspecified atom stereocenters. The maximum Gasteiger partial charge on any atom is 0.220 e. The number of nitrogens with two attached hydrogens (primary N) is 1. The van der Waals surface area contributed by atoms with Gasteiger partial charge in [-0.05, 0) is 67.1 Å². The molecule has 0 saturated heterocycles. The summed E-state index contributed by atoms with van der Waals surface area (Å²) in [6.07, 6.45) is 9.62. The molecule has 4 saturated carbocycles. The molecule has 4 aliphatic carbocycles. The van der Waals surface area contributed by atoms with Crippen LogP contribution >= 0.6 is 0 Å². The average molecular weight is 292 g/mol. The molecule has 0 aliphatic heterocycles. The van der Waals surface area contributed by atoms with Crippen LogP contribution in [-0.2, 0) is 4.79 Å². The summed E-state index contributed by atoms with van der Waals surface area (Å²) >= 11 is 0. The molecule has 21 heavy (non-hydrogen) atoms. The second-order valence-corrected chi connectivity index (χ2v) is 9.28. The van der Waals surface area contributed by atoms with E-state index in [4.69, 9.17) is 5.73 Å². The Bertz CT molecular complexity index is 415. The highest BCUT2D eigenvalue weighted by Gasteiger charge is 2.60. The van der Waals surface area contributed by atoms with Gasteiger partial charge in [0, 0.05) is 19.0 Å². The number of hydrogen-bond donors (Lipinski definition) is 2. The minimum absolute atomic E-state index is 0.0975. The molecule has 0 aromatic heterocycles. The summed E-state index contributed by atoms with van der Waals surface area (Å²) in [6.45, 7) is 7.63. The Balaban J connectivity index is 1.66. The fourth-order valence-corrected chi connectivity index (χ4v) is 6.67. The van der Waals surface area contributed by atoms with Crippen LogP contribution in [0.1, 0.15) is 72.1 Å². The lowest BCUT2D eigenvalue weighted by Crippen LogP contribution is -2.56. The maximum absolute atomic E-state index is 12.4. The van der Waals surface area contributed by atoms with E-state index in [1.807, 2.05) is 0 Å². The van der Waals surface area contributed by atoms with Crippen LogP contribution in [0.2, 0.25) is 0 Å². The fraction of sp³-hybridized carbons (Fsp3) is 0.944. The number of amides is 1. The molecule has 0 aromatic rings. The summed E-state index contributed by atoms with van der Waals surface area (Å²) in [5.74, 6) is 1.09. The van der Waals surface area contributed by atoms with Crippen molar-refractivity contribution >= 4 is 5.91 Å². The van der Waals surface area contributed by atoms with Gasteiger partial charge in [0.2, 0.25) is 5.91 Å². The maximum atomic E-state index is 12.4. The highest BCUT2D eigenvalue weighted by Crippen LogP contribution is 2.70. The van der Waals surface area contributed by atoms with Crippen molar-refractivity contribution in [3.63, 3.8) is 0 Å². The minimum Gasteiger partial charge on any atom is -0.355 e. The molecule has 120 valence electrons. The van der Waals surface area contributed by atoms with Crippen LogP contribution in [0.3, 0.4) is 0 Å². The van der Waals surface area contributed by atoms with Crippen LogP contribution in [0.4, 0.5) is 0 Å². The minimum atomic E-state index is 0.0975. The van der Waals surface area contributed by atoms with Crippen molar-refractivity contribution in [2.24, 2.45) is 27.9 Å². The predicted molar refractivity (Wildman–Crippen MR) is 85.7 cm³/mol. The molecular formula is C18H32N2O. The number of carbonyl (C=O) groups is 1. The Hall–Kier alpha value is -0.570. The van der Waals surface area contributed by atoms with Gasteiger partial charge >= 0.3 is 0 Å². The van der Waals surface area contributed by atoms with Gasteiger partial charge in [-0.25, -0.2) is 0 Å². The normalized spacial score (nSPS) is 45.6. The Kier molecular flexibility index (Phi) is 3.63. The highest BCUT2D eigenvalue weighted by atomic mass is 16.1. The van der Waals surface area contributed by atoms with Crippen molar-refractivity contribution in [1.29, 1.82) is 0 Å². The summed E-state index contributed by atoms with van der Waals surface area (Å²) in [7, 11) is 0. The molecular weight excluding hydrogens is 260 g/mol. The molecule has 0 aromatic carbocycles. The second-order valence-electron chi connectivity index (χ2n) is 9.28. The summed E-state index contributed by atoms with van der Waals surface area (Å²) in [5, 5.41) is 3.07. The molecule has 3 atom stereocenters. The smallest absolute Gasteiger partial charge is 0.220 e. The molecule has 4 fully saturated rings. The molecule has 0 spiro atoms. The molecule has 3 nitrogen and oxygen atoms in total. The van der Waals surface area contributed by atoms with Gasteiger partial charge in [0.1, 0.15) is 0 Å². The van der Waals surface area contributed by atoms with E-state index in [9.17, 15) is 4.79 Å². The molecule has 3 N–H and O–H groups in total. The van der Waals surface area contributed by atoms with E-state index >= 15 is 0 Å². The zero-order valence-corrected chi connectivity index (χ0v) is 14.0. The first-order valence-corrected chi connectivity index (χ1v) is 8.78. The molecule has 1 amide bonds. The molecule has 3 heteroatoms. The molecule has 4 aliphatic rings. The SMILES string of the molecule is CCC(N)CNC(=O)CC12CC3CC(C)(CC(C)(C3)C1)C2. The zero-order valence-electron chi connectivity index (χ0n) is 14.0. The first-order valence-electron chi connectivity index (χ1n) is 8.78. The predicted octanol–water partition coefficient (Wildman–Crippen LogP) is 3.23. The third-order valence-electron chi connectivity index (χ3n) is 6.36. The zero-order chi connectivity index (χ0) is 15.3. The lowest BCUT2D eigenvalue weighted by atomic mass is 9.40. The van der Waals surface area contributed by atoms with Crippen molar-refractivity contribution in [3.05, 3.63) is 0 Å². The van der Waals surface area contributed by atoms with Crippen LogP contribution < -0.4 is 11.1 Å². The summed E-state index contributed by atoms with van der Waals surface area (Å²) in [6, 6.07) is 0.0975. The number of carbonyl (C=O) groups excluding carboxylic acids is 1. The first kappa shape index (κ1) is 15.3. The van der Waals surface area contributed by atoms with Gasteiger partial charge in [-0.2, -0.15) is 0 Å². The van der Waals surface area contributed by atoms with Crippen LogP contribution in [0, 0.1) is 22.2 Å². The molecule has 0 heterocycles. The van der Waals surface area contributed by atoms with Gasteiger partial charge in [0.25, 0.3) is 0 Å². The van der Waals surface area contributed by atoms with Crippen molar-refractivity contribution in [2.45, 2.75) is 78.2 Å². The Morgan fingerprint density at radius 1 is 1.19 bits per heavy atom. The third kappa shape index (κ3) is 2.99. The van der Waals surface area contributed by atoms with E-state index in [1.54, 1.807) is 0 Å². The first-order chi connectivity index (χ1) is 9.76. The van der Waals surface area contributed by atoms with Gasteiger partial charge < -0.3 is 11.1 Å². The van der Waals surface area contributed by atoms with E-state index < -0.39 is 0 Å². The number of hydrogen-bond acceptors (Lipinski definition) is 2. The topological polar surface area (TPSA) is 55.1 Å². The van der Waals surface area contributed by atoms with Gasteiger partial charge in [-0.15, -0.1) is 0 Å². The van der Waals surface area contributed by atoms with Crippen molar-refractivity contribution in [3.8, 4) is 0 Å². The van der Waals surface area contributed by atoms with Crippen LogP contribution in [0.15, 0.2) is 0 Å². The number of nitrogens with one attached hydrogen (secondary N) is 1. The van der Waals surface area contributed by atoms with E-state index in [0.29, 0.717) is 17.4 Å². The molecule has 4 bridgehead atoms. The summed E-state index contributed by atoms with van der Waals surface area (Å²) in [4.78, 5) is 12.4. The van der Waals surface area contributed by atoms with Gasteiger partial charge in [0.15, 0.2) is 0 Å². The van der Waals surface area contributed by atoms with Crippen molar-refractivity contribution in [1.82, 2.24) is 5.32 Å². The highest BCUT2D eigenvalue weighted by molar-refractivity contribution is 5.76. The standard InChI is InChI=1S/C18H32N2O/c1-4-14(19)9-20-15(21)8-18-7-13-5-16(2,11-18)10-17(3,6-13)12-18/h13-14H,4-12,19H2,1-3H3,(H,20,21). The number of rotatable bonds is 5. The average Bonchev–Trinajstić information content (AvgIpc) is 2.30. The Labute approximate surface area is 129 Å². The molecule has 4 rings (SSSR count).